The van der Waals surface area contributed by atoms with Gasteiger partial charge in [0.05, 0.1) is 5.56 Å². The maximum atomic E-state index is 12.6. The molecule has 1 aromatic heterocycles. The van der Waals surface area contributed by atoms with E-state index in [0.29, 0.717) is 48.7 Å². The van der Waals surface area contributed by atoms with Gasteiger partial charge in [0.15, 0.2) is 0 Å². The zero-order valence-electron chi connectivity index (χ0n) is 17.2. The van der Waals surface area contributed by atoms with E-state index in [2.05, 4.69) is 9.97 Å². The van der Waals surface area contributed by atoms with Gasteiger partial charge in [0.1, 0.15) is 5.82 Å². The minimum Gasteiger partial charge on any atom is -0.478 e. The molecule has 0 bridgehead atoms. The quantitative estimate of drug-likeness (QED) is 0.313. The lowest BCUT2D eigenvalue weighted by Crippen LogP contribution is -2.04. The van der Waals surface area contributed by atoms with E-state index in [0.717, 1.165) is 17.8 Å². The van der Waals surface area contributed by atoms with Crippen molar-refractivity contribution in [2.75, 3.05) is 6.54 Å². The summed E-state index contributed by atoms with van der Waals surface area (Å²) in [6.45, 7) is 0.463. The minimum atomic E-state index is -4.34. The van der Waals surface area contributed by atoms with E-state index >= 15 is 0 Å². The second-order valence-corrected chi connectivity index (χ2v) is 5.89. The number of nitrogens with zero attached hydrogens (tertiary/aromatic N) is 1. The Morgan fingerprint density at radius 1 is 0.912 bits per heavy atom. The molecule has 0 amide bonds. The van der Waals surface area contributed by atoms with Gasteiger partial charge in [-0.05, 0) is 18.7 Å². The monoisotopic (exact) mass is 487 g/mol. The largest absolute Gasteiger partial charge is 0.478 e. The molecule has 14 heteroatoms. The van der Waals surface area contributed by atoms with Crippen molar-refractivity contribution in [3.05, 3.63) is 66.0 Å². The van der Waals surface area contributed by atoms with Crippen LogP contribution in [0.3, 0.4) is 0 Å². The predicted molar refractivity (Wildman–Crippen MR) is 111 cm³/mol. The number of halogens is 3. The maximum Gasteiger partial charge on any atom is 0.416 e. The molecule has 1 aromatic carbocycles. The van der Waals surface area contributed by atoms with E-state index in [4.69, 9.17) is 26.2 Å². The zero-order chi connectivity index (χ0) is 26.3. The summed E-state index contributed by atoms with van der Waals surface area (Å²) in [4.78, 5) is 45.2. The van der Waals surface area contributed by atoms with Crippen molar-refractivity contribution in [1.82, 2.24) is 9.97 Å². The Bertz CT molecular complexity index is 980. The summed E-state index contributed by atoms with van der Waals surface area (Å²) in [7, 11) is 0. The van der Waals surface area contributed by atoms with Gasteiger partial charge in [-0.2, -0.15) is 13.2 Å². The molecule has 11 nitrogen and oxygen atoms in total. The summed E-state index contributed by atoms with van der Waals surface area (Å²) in [6.07, 6.45) is 0.0897. The number of H-pyrrole nitrogens is 1. The third-order valence-electron chi connectivity index (χ3n) is 3.24. The number of hydrogen-bond donors (Lipinski definition) is 6. The first kappa shape index (κ1) is 29.5. The molecule has 0 radical (unpaired) electrons. The number of carbonyl (C=O) groups is 4. The van der Waals surface area contributed by atoms with Gasteiger partial charge in [0, 0.05) is 48.2 Å². The molecule has 184 valence electrons. The maximum absolute atomic E-state index is 12.6. The molecule has 0 aliphatic rings. The van der Waals surface area contributed by atoms with Gasteiger partial charge in [-0.1, -0.05) is 12.1 Å². The molecule has 0 unspecified atom stereocenters. The standard InChI is InChI=1S/C12H12F3N3.2C4H4O4/c13-12(14,15)9-3-1-2-8(6-9)11-17-7-10(18-11)4-5-16;2*5-3(6)1-2-4(7)8/h1-3,6-7H,4-5,16H2,(H,17,18);2*1-2H,(H,5,6)(H,7,8)/b;2*2-1+. The van der Waals surface area contributed by atoms with E-state index in [1.807, 2.05) is 0 Å². The van der Waals surface area contributed by atoms with Crippen molar-refractivity contribution in [1.29, 1.82) is 0 Å². The number of carboxylic acid groups (broad SMARTS) is 4. The third kappa shape index (κ3) is 13.8. The van der Waals surface area contributed by atoms with Crippen LogP contribution in [0, 0.1) is 0 Å². The van der Waals surface area contributed by atoms with Gasteiger partial charge in [-0.25, -0.2) is 24.2 Å². The highest BCUT2D eigenvalue weighted by molar-refractivity contribution is 5.90. The SMILES string of the molecule is NCCc1cnc(-c2cccc(C(F)(F)F)c2)[nH]1.O=C(O)/C=C/C(=O)O.O=C(O)/C=C/C(=O)O. The lowest BCUT2D eigenvalue weighted by molar-refractivity contribution is -0.137. The first-order chi connectivity index (χ1) is 15.8. The highest BCUT2D eigenvalue weighted by atomic mass is 19.4. The molecular formula is C20H20F3N3O8. The van der Waals surface area contributed by atoms with Gasteiger partial charge < -0.3 is 31.1 Å². The van der Waals surface area contributed by atoms with Crippen LogP contribution in [0.5, 0.6) is 0 Å². The van der Waals surface area contributed by atoms with Gasteiger partial charge in [-0.15, -0.1) is 0 Å². The normalized spacial score (nSPS) is 10.7. The van der Waals surface area contributed by atoms with Crippen LogP contribution in [-0.2, 0) is 31.8 Å². The topological polar surface area (TPSA) is 204 Å². The Kier molecular flexibility index (Phi) is 12.7. The Balaban J connectivity index is 0.000000570. The lowest BCUT2D eigenvalue weighted by Gasteiger charge is -2.07. The molecule has 7 N–H and O–H groups in total. The number of alkyl halides is 3. The number of nitrogens with one attached hydrogen (secondary N) is 1. The molecule has 0 aliphatic carbocycles. The molecular weight excluding hydrogens is 467 g/mol. The van der Waals surface area contributed by atoms with E-state index in [1.165, 1.54) is 6.07 Å². The average Bonchev–Trinajstić information content (AvgIpc) is 3.20. The van der Waals surface area contributed by atoms with Crippen molar-refractivity contribution >= 4 is 23.9 Å². The van der Waals surface area contributed by atoms with E-state index in [9.17, 15) is 32.3 Å². The molecule has 34 heavy (non-hydrogen) atoms. The van der Waals surface area contributed by atoms with Crippen molar-refractivity contribution < 1.29 is 52.8 Å². The Hall–Kier alpha value is -4.46. The smallest absolute Gasteiger partial charge is 0.416 e. The van der Waals surface area contributed by atoms with Crippen LogP contribution in [0.1, 0.15) is 11.3 Å². The molecule has 0 aliphatic heterocycles. The highest BCUT2D eigenvalue weighted by Crippen LogP contribution is 2.31. The van der Waals surface area contributed by atoms with Crippen LogP contribution in [0.4, 0.5) is 13.2 Å². The molecule has 0 saturated carbocycles. The van der Waals surface area contributed by atoms with Crippen LogP contribution in [0.25, 0.3) is 11.4 Å². The summed E-state index contributed by atoms with van der Waals surface area (Å²) in [5.41, 5.74) is 5.93. The third-order valence-corrected chi connectivity index (χ3v) is 3.24. The summed E-state index contributed by atoms with van der Waals surface area (Å²) < 4.78 is 37.7. The molecule has 0 atom stereocenters. The highest BCUT2D eigenvalue weighted by Gasteiger charge is 2.30. The number of imidazole rings is 1. The summed E-state index contributed by atoms with van der Waals surface area (Å²) in [5.74, 6) is -4.61. The zero-order valence-corrected chi connectivity index (χ0v) is 17.2. The molecule has 0 fully saturated rings. The second-order valence-electron chi connectivity index (χ2n) is 5.89. The van der Waals surface area contributed by atoms with Crippen molar-refractivity contribution in [2.24, 2.45) is 5.73 Å². The van der Waals surface area contributed by atoms with Gasteiger partial charge in [0.25, 0.3) is 0 Å². The number of benzene rings is 1. The van der Waals surface area contributed by atoms with E-state index < -0.39 is 35.6 Å². The Morgan fingerprint density at radius 3 is 1.76 bits per heavy atom. The Morgan fingerprint density at radius 2 is 1.38 bits per heavy atom. The fourth-order valence-corrected chi connectivity index (χ4v) is 1.92. The van der Waals surface area contributed by atoms with Crippen LogP contribution in [0.15, 0.2) is 54.8 Å². The van der Waals surface area contributed by atoms with Crippen LogP contribution >= 0.6 is 0 Å². The first-order valence-electron chi connectivity index (χ1n) is 8.95. The fraction of sp³-hybridized carbons (Fsp3) is 0.150. The van der Waals surface area contributed by atoms with Crippen molar-refractivity contribution in [2.45, 2.75) is 12.6 Å². The number of aromatic nitrogens is 2. The van der Waals surface area contributed by atoms with Gasteiger partial charge in [-0.3, -0.25) is 0 Å². The Labute approximate surface area is 189 Å². The van der Waals surface area contributed by atoms with Crippen LogP contribution in [0.2, 0.25) is 0 Å². The summed E-state index contributed by atoms with van der Waals surface area (Å²) >= 11 is 0. The first-order valence-corrected chi connectivity index (χ1v) is 8.95. The molecule has 2 rings (SSSR count). The summed E-state index contributed by atoms with van der Waals surface area (Å²) in [5, 5.41) is 31.2. The second kappa shape index (κ2) is 14.6. The number of hydrogen-bond acceptors (Lipinski definition) is 6. The summed E-state index contributed by atoms with van der Waals surface area (Å²) in [6, 6.07) is 5.06. The fourth-order valence-electron chi connectivity index (χ4n) is 1.92. The van der Waals surface area contributed by atoms with Crippen molar-refractivity contribution in [3.8, 4) is 11.4 Å². The molecule has 2 aromatic rings. The van der Waals surface area contributed by atoms with E-state index in [1.54, 1.807) is 12.3 Å². The van der Waals surface area contributed by atoms with Crippen LogP contribution in [-0.4, -0.2) is 60.8 Å². The van der Waals surface area contributed by atoms with Crippen molar-refractivity contribution in [3.63, 3.8) is 0 Å². The number of rotatable bonds is 7. The molecule has 0 spiro atoms. The number of nitrogens with two attached hydrogens (primary N) is 1. The predicted octanol–water partition coefficient (Wildman–Crippen LogP) is 2.02. The molecule has 0 saturated heterocycles. The van der Waals surface area contributed by atoms with Crippen LogP contribution < -0.4 is 5.73 Å². The van der Waals surface area contributed by atoms with E-state index in [-0.39, 0.29) is 0 Å². The number of carboxylic acids is 4. The minimum absolute atomic E-state index is 0.410. The molecule has 1 heterocycles. The number of aromatic amines is 1. The lowest BCUT2D eigenvalue weighted by atomic mass is 10.1. The average molecular weight is 487 g/mol. The van der Waals surface area contributed by atoms with Gasteiger partial charge >= 0.3 is 30.1 Å². The van der Waals surface area contributed by atoms with Gasteiger partial charge in [0.2, 0.25) is 0 Å². The number of aliphatic carboxylic acids is 4.